The van der Waals surface area contributed by atoms with Crippen molar-refractivity contribution in [2.24, 2.45) is 0 Å². The van der Waals surface area contributed by atoms with E-state index in [1.165, 1.54) is 25.3 Å². The monoisotopic (exact) mass is 267 g/mol. The van der Waals surface area contributed by atoms with Crippen molar-refractivity contribution in [3.05, 3.63) is 48.5 Å². The first-order chi connectivity index (χ1) is 8.54. The number of aromatic nitrogens is 1. The number of sulfone groups is 1. The molecular weight excluding hydrogens is 257 g/mol. The molecule has 1 aromatic heterocycles. The molecule has 0 bridgehead atoms. The normalized spacial score (nSPS) is 11.2. The van der Waals surface area contributed by atoms with Crippen LogP contribution in [-0.2, 0) is 9.84 Å². The standard InChI is InChI=1S/C12H10FNO3S/c1-17-9-3-2-4-10(7-9)18(15,16)11-5-6-12(13)14-8-11/h2-8H,1H3. The van der Waals surface area contributed by atoms with E-state index >= 15 is 0 Å². The third-order valence-electron chi connectivity index (χ3n) is 2.36. The molecule has 0 spiro atoms. The second-order valence-electron chi connectivity index (χ2n) is 3.50. The molecule has 0 N–H and O–H groups in total. The molecule has 0 aliphatic heterocycles. The van der Waals surface area contributed by atoms with Crippen LogP contribution < -0.4 is 4.74 Å². The topological polar surface area (TPSA) is 56.3 Å². The molecule has 6 heteroatoms. The van der Waals surface area contributed by atoms with E-state index in [1.807, 2.05) is 0 Å². The summed E-state index contributed by atoms with van der Waals surface area (Å²) < 4.78 is 42.0. The van der Waals surface area contributed by atoms with Gasteiger partial charge in [0.25, 0.3) is 0 Å². The molecule has 2 rings (SSSR count). The molecule has 0 atom stereocenters. The summed E-state index contributed by atoms with van der Waals surface area (Å²) in [6, 6.07) is 8.24. The fraction of sp³-hybridized carbons (Fsp3) is 0.0833. The average molecular weight is 267 g/mol. The summed E-state index contributed by atoms with van der Waals surface area (Å²) >= 11 is 0. The number of methoxy groups -OCH3 is 1. The van der Waals surface area contributed by atoms with Crippen molar-refractivity contribution in [1.82, 2.24) is 4.98 Å². The van der Waals surface area contributed by atoms with E-state index in [0.717, 1.165) is 12.3 Å². The Morgan fingerprint density at radius 3 is 2.56 bits per heavy atom. The van der Waals surface area contributed by atoms with E-state index < -0.39 is 15.8 Å². The predicted molar refractivity (Wildman–Crippen MR) is 62.6 cm³/mol. The minimum Gasteiger partial charge on any atom is -0.497 e. The lowest BCUT2D eigenvalue weighted by Gasteiger charge is -2.06. The molecule has 4 nitrogen and oxygen atoms in total. The van der Waals surface area contributed by atoms with Crippen LogP contribution in [0.1, 0.15) is 0 Å². The summed E-state index contributed by atoms with van der Waals surface area (Å²) in [5.41, 5.74) is 0. The Morgan fingerprint density at radius 2 is 1.94 bits per heavy atom. The number of pyridine rings is 1. The van der Waals surface area contributed by atoms with Crippen molar-refractivity contribution in [1.29, 1.82) is 0 Å². The highest BCUT2D eigenvalue weighted by Crippen LogP contribution is 2.23. The third kappa shape index (κ3) is 2.33. The first-order valence-corrected chi connectivity index (χ1v) is 6.53. The zero-order valence-electron chi connectivity index (χ0n) is 9.50. The maximum Gasteiger partial charge on any atom is 0.212 e. The zero-order chi connectivity index (χ0) is 13.2. The largest absolute Gasteiger partial charge is 0.497 e. The second-order valence-corrected chi connectivity index (χ2v) is 5.45. The van der Waals surface area contributed by atoms with Gasteiger partial charge in [0.05, 0.1) is 16.9 Å². The van der Waals surface area contributed by atoms with Gasteiger partial charge in [0.2, 0.25) is 15.8 Å². The van der Waals surface area contributed by atoms with Crippen LogP contribution in [0.5, 0.6) is 5.75 Å². The van der Waals surface area contributed by atoms with Crippen molar-refractivity contribution in [3.63, 3.8) is 0 Å². The molecule has 94 valence electrons. The van der Waals surface area contributed by atoms with Gasteiger partial charge in [-0.1, -0.05) is 6.07 Å². The second kappa shape index (κ2) is 4.73. The van der Waals surface area contributed by atoms with Crippen LogP contribution in [0, 0.1) is 5.95 Å². The van der Waals surface area contributed by atoms with Gasteiger partial charge in [-0.3, -0.25) is 0 Å². The van der Waals surface area contributed by atoms with E-state index in [1.54, 1.807) is 12.1 Å². The number of ether oxygens (including phenoxy) is 1. The quantitative estimate of drug-likeness (QED) is 0.799. The van der Waals surface area contributed by atoms with Crippen LogP contribution in [0.4, 0.5) is 4.39 Å². The first kappa shape index (κ1) is 12.5. The van der Waals surface area contributed by atoms with Gasteiger partial charge in [-0.2, -0.15) is 4.39 Å². The molecule has 1 aromatic carbocycles. The van der Waals surface area contributed by atoms with Crippen molar-refractivity contribution >= 4 is 9.84 Å². The van der Waals surface area contributed by atoms with Gasteiger partial charge in [0.15, 0.2) is 0 Å². The molecule has 0 saturated carbocycles. The highest BCUT2D eigenvalue weighted by atomic mass is 32.2. The minimum atomic E-state index is -3.70. The lowest BCUT2D eigenvalue weighted by atomic mass is 10.3. The summed E-state index contributed by atoms with van der Waals surface area (Å²) in [5.74, 6) is -0.286. The van der Waals surface area contributed by atoms with Crippen LogP contribution in [0.25, 0.3) is 0 Å². The zero-order valence-corrected chi connectivity index (χ0v) is 10.3. The molecule has 0 saturated heterocycles. The number of hydrogen-bond acceptors (Lipinski definition) is 4. The fourth-order valence-corrected chi connectivity index (χ4v) is 2.67. The Bertz CT molecular complexity index is 653. The number of hydrogen-bond donors (Lipinski definition) is 0. The summed E-state index contributed by atoms with van der Waals surface area (Å²) in [5, 5.41) is 0. The predicted octanol–water partition coefficient (Wildman–Crippen LogP) is 2.06. The molecule has 0 fully saturated rings. The lowest BCUT2D eigenvalue weighted by Crippen LogP contribution is -2.03. The van der Waals surface area contributed by atoms with E-state index in [0.29, 0.717) is 5.75 Å². The Labute approximate surface area is 104 Å². The van der Waals surface area contributed by atoms with Crippen molar-refractivity contribution < 1.29 is 17.5 Å². The van der Waals surface area contributed by atoms with Crippen molar-refractivity contribution in [2.75, 3.05) is 7.11 Å². The van der Waals surface area contributed by atoms with Gasteiger partial charge in [-0.15, -0.1) is 0 Å². The summed E-state index contributed by atoms with van der Waals surface area (Å²) in [6.07, 6.45) is 0.990. The van der Waals surface area contributed by atoms with E-state index in [2.05, 4.69) is 4.98 Å². The Hall–Kier alpha value is -1.95. The summed E-state index contributed by atoms with van der Waals surface area (Å²) in [4.78, 5) is 3.36. The Balaban J connectivity index is 2.50. The van der Waals surface area contributed by atoms with E-state index in [4.69, 9.17) is 4.74 Å². The van der Waals surface area contributed by atoms with E-state index in [9.17, 15) is 12.8 Å². The molecule has 1 heterocycles. The highest BCUT2D eigenvalue weighted by molar-refractivity contribution is 7.91. The molecule has 0 aliphatic rings. The maximum absolute atomic E-state index is 12.7. The first-order valence-electron chi connectivity index (χ1n) is 5.05. The van der Waals surface area contributed by atoms with Gasteiger partial charge in [0.1, 0.15) is 5.75 Å². The molecule has 0 radical (unpaired) electrons. The van der Waals surface area contributed by atoms with Crippen molar-refractivity contribution in [3.8, 4) is 5.75 Å². The molecule has 2 aromatic rings. The summed E-state index contributed by atoms with van der Waals surface area (Å²) in [6.45, 7) is 0. The van der Waals surface area contributed by atoms with E-state index in [-0.39, 0.29) is 9.79 Å². The highest BCUT2D eigenvalue weighted by Gasteiger charge is 2.18. The number of rotatable bonds is 3. The average Bonchev–Trinajstić information content (AvgIpc) is 2.39. The van der Waals surface area contributed by atoms with Crippen molar-refractivity contribution in [2.45, 2.75) is 9.79 Å². The third-order valence-corrected chi connectivity index (χ3v) is 4.10. The number of halogens is 1. The van der Waals surface area contributed by atoms with Gasteiger partial charge in [-0.25, -0.2) is 13.4 Å². The Morgan fingerprint density at radius 1 is 1.17 bits per heavy atom. The molecule has 18 heavy (non-hydrogen) atoms. The maximum atomic E-state index is 12.7. The van der Waals surface area contributed by atoms with Crippen LogP contribution in [0.15, 0.2) is 52.4 Å². The Kier molecular flexibility index (Phi) is 3.29. The van der Waals surface area contributed by atoms with Crippen LogP contribution in [0.3, 0.4) is 0 Å². The SMILES string of the molecule is COc1cccc(S(=O)(=O)c2ccc(F)nc2)c1. The fourth-order valence-electron chi connectivity index (χ4n) is 1.43. The molecule has 0 unspecified atom stereocenters. The van der Waals surface area contributed by atoms with Crippen LogP contribution >= 0.6 is 0 Å². The van der Waals surface area contributed by atoms with Gasteiger partial charge in [-0.05, 0) is 30.3 Å². The minimum absolute atomic E-state index is 0.0582. The lowest BCUT2D eigenvalue weighted by molar-refractivity contribution is 0.413. The molecule has 0 aliphatic carbocycles. The number of benzene rings is 1. The van der Waals surface area contributed by atoms with Crippen LogP contribution in [-0.4, -0.2) is 20.5 Å². The molecular formula is C12H10FNO3S. The van der Waals surface area contributed by atoms with Gasteiger partial charge < -0.3 is 4.74 Å². The smallest absolute Gasteiger partial charge is 0.212 e. The van der Waals surface area contributed by atoms with Gasteiger partial charge in [0, 0.05) is 6.20 Å². The molecule has 0 amide bonds. The van der Waals surface area contributed by atoms with Crippen LogP contribution in [0.2, 0.25) is 0 Å². The summed E-state index contributed by atoms with van der Waals surface area (Å²) in [7, 11) is -2.25. The number of nitrogens with zero attached hydrogens (tertiary/aromatic N) is 1. The van der Waals surface area contributed by atoms with Gasteiger partial charge >= 0.3 is 0 Å².